The monoisotopic (exact) mass is 393 g/mol. The maximum Gasteiger partial charge on any atom is 0.332 e. The molecule has 1 amide bonds. The molecule has 0 aliphatic carbocycles. The molecule has 0 bridgehead atoms. The van der Waals surface area contributed by atoms with E-state index in [0.29, 0.717) is 12.2 Å². The van der Waals surface area contributed by atoms with Crippen LogP contribution in [-0.2, 0) is 25.4 Å². The number of nitrogens with zero attached hydrogens (tertiary/aromatic N) is 5. The smallest absolute Gasteiger partial charge is 0.311 e. The summed E-state index contributed by atoms with van der Waals surface area (Å²) < 4.78 is 16.5. The SMILES string of the molecule is CCN(C(=O)Cn1c(Cl)nc2c1c(=O)n(C)c(=O)n2C)c1ccc(F)cc1. The minimum Gasteiger partial charge on any atom is -0.311 e. The van der Waals surface area contributed by atoms with Gasteiger partial charge in [-0.2, -0.15) is 4.98 Å². The van der Waals surface area contributed by atoms with Gasteiger partial charge in [0, 0.05) is 26.3 Å². The van der Waals surface area contributed by atoms with Crippen LogP contribution in [0.3, 0.4) is 0 Å². The number of aromatic nitrogens is 4. The lowest BCUT2D eigenvalue weighted by atomic mass is 10.2. The van der Waals surface area contributed by atoms with Gasteiger partial charge in [0.2, 0.25) is 11.2 Å². The number of amides is 1. The number of imidazole rings is 1. The lowest BCUT2D eigenvalue weighted by molar-refractivity contribution is -0.119. The number of halogens is 2. The van der Waals surface area contributed by atoms with Crippen LogP contribution >= 0.6 is 11.6 Å². The summed E-state index contributed by atoms with van der Waals surface area (Å²) in [6.45, 7) is 1.86. The summed E-state index contributed by atoms with van der Waals surface area (Å²) in [4.78, 5) is 42.9. The summed E-state index contributed by atoms with van der Waals surface area (Å²) in [5, 5.41) is -0.0770. The lowest BCUT2D eigenvalue weighted by Gasteiger charge is -2.21. The van der Waals surface area contributed by atoms with Crippen molar-refractivity contribution in [1.82, 2.24) is 18.7 Å². The fraction of sp³-hybridized carbons (Fsp3) is 0.294. The predicted octanol–water partition coefficient (Wildman–Crippen LogP) is 1.28. The molecule has 0 N–H and O–H groups in total. The topological polar surface area (TPSA) is 82.1 Å². The van der Waals surface area contributed by atoms with Crippen molar-refractivity contribution in [3.8, 4) is 0 Å². The molecule has 3 aromatic rings. The molecule has 10 heteroatoms. The second-order valence-electron chi connectivity index (χ2n) is 5.96. The molecule has 8 nitrogen and oxygen atoms in total. The minimum absolute atomic E-state index is 0.0631. The third-order valence-corrected chi connectivity index (χ3v) is 4.64. The Labute approximate surface area is 158 Å². The van der Waals surface area contributed by atoms with E-state index in [0.717, 1.165) is 4.57 Å². The van der Waals surface area contributed by atoms with Crippen molar-refractivity contribution in [2.75, 3.05) is 11.4 Å². The van der Waals surface area contributed by atoms with E-state index in [-0.39, 0.29) is 28.9 Å². The van der Waals surface area contributed by atoms with Gasteiger partial charge in [0.25, 0.3) is 5.56 Å². The number of carbonyl (C=O) groups is 1. The van der Waals surface area contributed by atoms with Crippen LogP contribution in [0.4, 0.5) is 10.1 Å². The average molecular weight is 394 g/mol. The molecule has 142 valence electrons. The highest BCUT2D eigenvalue weighted by Gasteiger charge is 2.22. The number of aryl methyl sites for hydroxylation is 1. The fourth-order valence-corrected chi connectivity index (χ4v) is 3.13. The molecule has 0 unspecified atom stereocenters. The third kappa shape index (κ3) is 3.14. The molecule has 3 rings (SSSR count). The molecule has 0 fully saturated rings. The molecule has 0 aliphatic heterocycles. The van der Waals surface area contributed by atoms with Crippen molar-refractivity contribution in [2.45, 2.75) is 13.5 Å². The number of hydrogen-bond acceptors (Lipinski definition) is 4. The molecular formula is C17H17ClFN5O3. The summed E-state index contributed by atoms with van der Waals surface area (Å²) in [6.07, 6.45) is 0. The second kappa shape index (κ2) is 6.99. The first-order chi connectivity index (χ1) is 12.8. The van der Waals surface area contributed by atoms with Crippen molar-refractivity contribution in [3.05, 3.63) is 56.2 Å². The fourth-order valence-electron chi connectivity index (χ4n) is 2.91. The summed E-state index contributed by atoms with van der Waals surface area (Å²) in [7, 11) is 2.81. The van der Waals surface area contributed by atoms with Crippen LogP contribution in [0.15, 0.2) is 33.9 Å². The van der Waals surface area contributed by atoms with Gasteiger partial charge in [-0.3, -0.25) is 23.3 Å². The average Bonchev–Trinajstić information content (AvgIpc) is 2.97. The largest absolute Gasteiger partial charge is 0.332 e. The molecule has 2 heterocycles. The Morgan fingerprint density at radius 1 is 1.19 bits per heavy atom. The first-order valence-electron chi connectivity index (χ1n) is 8.14. The Morgan fingerprint density at radius 3 is 2.41 bits per heavy atom. The van der Waals surface area contributed by atoms with Gasteiger partial charge in [-0.25, -0.2) is 9.18 Å². The highest BCUT2D eigenvalue weighted by molar-refractivity contribution is 6.29. The summed E-state index contributed by atoms with van der Waals surface area (Å²) in [6, 6.07) is 5.51. The standard InChI is InChI=1S/C17H17ClFN5O3/c1-4-23(11-7-5-10(19)6-8-11)12(25)9-24-13-14(20-16(24)18)21(2)17(27)22(3)15(13)26/h5-8H,4,9H2,1-3H3. The second-order valence-corrected chi connectivity index (χ2v) is 6.30. The first-order valence-corrected chi connectivity index (χ1v) is 8.51. The highest BCUT2D eigenvalue weighted by atomic mass is 35.5. The molecule has 2 aromatic heterocycles. The van der Waals surface area contributed by atoms with Crippen LogP contribution in [0.1, 0.15) is 6.92 Å². The Bertz CT molecular complexity index is 1150. The van der Waals surface area contributed by atoms with Crippen LogP contribution in [0.5, 0.6) is 0 Å². The van der Waals surface area contributed by atoms with Crippen LogP contribution in [-0.4, -0.2) is 31.1 Å². The predicted molar refractivity (Wildman–Crippen MR) is 99.7 cm³/mol. The van der Waals surface area contributed by atoms with Gasteiger partial charge in [-0.15, -0.1) is 0 Å². The number of carbonyl (C=O) groups excluding carboxylic acids is 1. The zero-order chi connectivity index (χ0) is 19.9. The summed E-state index contributed by atoms with van der Waals surface area (Å²) in [5.74, 6) is -0.767. The first kappa shape index (κ1) is 18.8. The summed E-state index contributed by atoms with van der Waals surface area (Å²) >= 11 is 6.14. The van der Waals surface area contributed by atoms with Gasteiger partial charge in [0.1, 0.15) is 12.4 Å². The summed E-state index contributed by atoms with van der Waals surface area (Å²) in [5.41, 5.74) is -0.449. The Kier molecular flexibility index (Phi) is 4.88. The minimum atomic E-state index is -0.592. The van der Waals surface area contributed by atoms with Crippen molar-refractivity contribution in [1.29, 1.82) is 0 Å². The number of rotatable bonds is 4. The van der Waals surface area contributed by atoms with E-state index < -0.39 is 17.1 Å². The highest BCUT2D eigenvalue weighted by Crippen LogP contribution is 2.19. The Balaban J connectivity index is 2.07. The number of fused-ring (bicyclic) bond motifs is 1. The van der Waals surface area contributed by atoms with Crippen LogP contribution < -0.4 is 16.1 Å². The third-order valence-electron chi connectivity index (χ3n) is 4.35. The molecular weight excluding hydrogens is 377 g/mol. The quantitative estimate of drug-likeness (QED) is 0.625. The van der Waals surface area contributed by atoms with Crippen LogP contribution in [0.2, 0.25) is 5.28 Å². The number of likely N-dealkylation sites (N-methyl/N-ethyl adjacent to an activating group) is 1. The van der Waals surface area contributed by atoms with Crippen LogP contribution in [0.25, 0.3) is 11.2 Å². The van der Waals surface area contributed by atoms with E-state index in [2.05, 4.69) is 4.98 Å². The van der Waals surface area contributed by atoms with Crippen molar-refractivity contribution in [3.63, 3.8) is 0 Å². The van der Waals surface area contributed by atoms with Crippen molar-refractivity contribution < 1.29 is 9.18 Å². The Hall–Kier alpha value is -2.94. The van der Waals surface area contributed by atoms with Crippen molar-refractivity contribution in [2.24, 2.45) is 14.1 Å². The van der Waals surface area contributed by atoms with E-state index in [9.17, 15) is 18.8 Å². The molecule has 0 atom stereocenters. The van der Waals surface area contributed by atoms with Crippen LogP contribution in [0, 0.1) is 5.82 Å². The Morgan fingerprint density at radius 2 is 1.81 bits per heavy atom. The van der Waals surface area contributed by atoms with E-state index >= 15 is 0 Å². The molecule has 1 aromatic carbocycles. The van der Waals surface area contributed by atoms with Gasteiger partial charge in [-0.05, 0) is 42.8 Å². The van der Waals surface area contributed by atoms with E-state index in [1.165, 1.54) is 52.4 Å². The van der Waals surface area contributed by atoms with Gasteiger partial charge < -0.3 is 4.90 Å². The zero-order valence-electron chi connectivity index (χ0n) is 14.9. The zero-order valence-corrected chi connectivity index (χ0v) is 15.7. The van der Waals surface area contributed by atoms with E-state index in [1.807, 2.05) is 0 Å². The maximum absolute atomic E-state index is 13.1. The van der Waals surface area contributed by atoms with Gasteiger partial charge >= 0.3 is 5.69 Å². The molecule has 27 heavy (non-hydrogen) atoms. The molecule has 0 spiro atoms. The number of benzene rings is 1. The van der Waals surface area contributed by atoms with Gasteiger partial charge in [0.15, 0.2) is 11.2 Å². The van der Waals surface area contributed by atoms with Gasteiger partial charge in [-0.1, -0.05) is 0 Å². The molecule has 0 aliphatic rings. The molecule has 0 saturated carbocycles. The van der Waals surface area contributed by atoms with E-state index in [4.69, 9.17) is 11.6 Å². The maximum atomic E-state index is 13.1. The van der Waals surface area contributed by atoms with Gasteiger partial charge in [0.05, 0.1) is 0 Å². The molecule has 0 radical (unpaired) electrons. The number of anilines is 1. The number of hydrogen-bond donors (Lipinski definition) is 0. The lowest BCUT2D eigenvalue weighted by Crippen LogP contribution is -2.38. The van der Waals surface area contributed by atoms with E-state index in [1.54, 1.807) is 6.92 Å². The normalized spacial score (nSPS) is 11.1. The van der Waals surface area contributed by atoms with Crippen molar-refractivity contribution >= 4 is 34.4 Å². The molecule has 0 saturated heterocycles.